The third-order valence-electron chi connectivity index (χ3n) is 7.66. The van der Waals surface area contributed by atoms with E-state index in [1.54, 1.807) is 12.1 Å². The van der Waals surface area contributed by atoms with Gasteiger partial charge in [-0.2, -0.15) is 36.9 Å². The van der Waals surface area contributed by atoms with E-state index in [1.807, 2.05) is 12.1 Å². The largest absolute Gasteiger partial charge is 0.467 e. The first-order valence-corrected chi connectivity index (χ1v) is 16.4. The second-order valence-electron chi connectivity index (χ2n) is 11.7. The van der Waals surface area contributed by atoms with E-state index in [0.717, 1.165) is 18.7 Å². The maximum absolute atomic E-state index is 13.0. The van der Waals surface area contributed by atoms with Crippen LogP contribution in [-0.4, -0.2) is 77.7 Å². The maximum Gasteiger partial charge on any atom is 0.422 e. The third kappa shape index (κ3) is 11.6. The second kappa shape index (κ2) is 17.2. The molecule has 15 nitrogen and oxygen atoms in total. The van der Waals surface area contributed by atoms with E-state index in [4.69, 9.17) is 21.1 Å². The van der Waals surface area contributed by atoms with E-state index in [9.17, 15) is 41.1 Å². The fraction of sp³-hybridized carbons (Fsp3) is 0.265. The quantitative estimate of drug-likeness (QED) is 0.0620. The van der Waals surface area contributed by atoms with Crippen LogP contribution in [-0.2, 0) is 24.7 Å². The average Bonchev–Trinajstić information content (AvgIpc) is 3.92. The molecule has 290 valence electrons. The summed E-state index contributed by atoms with van der Waals surface area (Å²) in [6, 6.07) is 15.4. The van der Waals surface area contributed by atoms with Gasteiger partial charge in [0.25, 0.3) is 5.91 Å². The second-order valence-corrected chi connectivity index (χ2v) is 12.1. The molecule has 0 saturated heterocycles. The van der Waals surface area contributed by atoms with Gasteiger partial charge in [-0.25, -0.2) is 4.79 Å². The summed E-state index contributed by atoms with van der Waals surface area (Å²) in [5.41, 5.74) is 0.574. The van der Waals surface area contributed by atoms with Crippen LogP contribution >= 0.6 is 11.6 Å². The van der Waals surface area contributed by atoms with Crippen LogP contribution in [0.15, 0.2) is 72.8 Å². The molecule has 0 spiro atoms. The fourth-order valence-electron chi connectivity index (χ4n) is 4.90. The van der Waals surface area contributed by atoms with Crippen LogP contribution in [0.4, 0.5) is 45.2 Å². The number of hydrogen-bond donors (Lipinski definition) is 5. The molecule has 21 heteroatoms. The van der Waals surface area contributed by atoms with Gasteiger partial charge in [0, 0.05) is 34.6 Å². The summed E-state index contributed by atoms with van der Waals surface area (Å²) in [6.45, 7) is -5.34. The predicted octanol–water partition coefficient (Wildman–Crippen LogP) is 4.94. The highest BCUT2D eigenvalue weighted by atomic mass is 35.5. The zero-order valence-electron chi connectivity index (χ0n) is 28.4. The molecule has 0 unspecified atom stereocenters. The van der Waals surface area contributed by atoms with Gasteiger partial charge in [0.15, 0.2) is 6.61 Å². The van der Waals surface area contributed by atoms with Crippen LogP contribution in [0, 0.1) is 0 Å². The number of aromatic nitrogens is 3. The van der Waals surface area contributed by atoms with Crippen molar-refractivity contribution in [2.45, 2.75) is 37.2 Å². The minimum Gasteiger partial charge on any atom is -0.467 e. The van der Waals surface area contributed by atoms with Crippen molar-refractivity contribution in [3.8, 4) is 11.8 Å². The van der Waals surface area contributed by atoms with Crippen LogP contribution in [0.3, 0.4) is 0 Å². The Bertz CT molecular complexity index is 2020. The number of alkyl halides is 5. The standard InChI is InChI=1S/C34H30ClF5N8O7/c1-53-28(52)24(16-41-26(50)27(51)42-22-3-2-4-23(15-22)55-29(36)37)44-25(49)18-5-11-21(12-6-18)43-30-45-31(47-32(46-30)54-17-34(38,39)40)48-33(13-14-33)19-7-9-20(35)10-8-19/h2-12,15,24,29H,13-14,16-17H2,1H3,(H,41,50)(H,42,51)(H,44,49)(H2,43,45,46,47,48)/t24-/m0/s1. The molecule has 0 aliphatic heterocycles. The Kier molecular flexibility index (Phi) is 12.5. The zero-order valence-corrected chi connectivity index (χ0v) is 29.1. The van der Waals surface area contributed by atoms with Crippen LogP contribution in [0.1, 0.15) is 28.8 Å². The van der Waals surface area contributed by atoms with Crippen LogP contribution < -0.4 is 36.1 Å². The van der Waals surface area contributed by atoms with Gasteiger partial charge in [0.2, 0.25) is 11.9 Å². The van der Waals surface area contributed by atoms with Crippen molar-refractivity contribution in [2.24, 2.45) is 0 Å². The number of carbonyl (C=O) groups is 4. The summed E-state index contributed by atoms with van der Waals surface area (Å²) >= 11 is 6.01. The van der Waals surface area contributed by atoms with Crippen molar-refractivity contribution >= 4 is 58.6 Å². The smallest absolute Gasteiger partial charge is 0.422 e. The number of anilines is 4. The van der Waals surface area contributed by atoms with Gasteiger partial charge >= 0.3 is 36.6 Å². The maximum atomic E-state index is 13.0. The van der Waals surface area contributed by atoms with Gasteiger partial charge in [-0.3, -0.25) is 14.4 Å². The van der Waals surface area contributed by atoms with Crippen LogP contribution in [0.5, 0.6) is 11.8 Å². The lowest BCUT2D eigenvalue weighted by Crippen LogP contribution is -2.50. The average molecular weight is 793 g/mol. The fourth-order valence-corrected chi connectivity index (χ4v) is 5.02. The summed E-state index contributed by atoms with van der Waals surface area (Å²) in [6.07, 6.45) is -3.30. The Labute approximate surface area is 313 Å². The Balaban J connectivity index is 1.22. The molecule has 1 aliphatic rings. The number of benzene rings is 3. The summed E-state index contributed by atoms with van der Waals surface area (Å²) in [4.78, 5) is 62.4. The topological polar surface area (TPSA) is 195 Å². The van der Waals surface area contributed by atoms with E-state index in [0.29, 0.717) is 23.6 Å². The van der Waals surface area contributed by atoms with Gasteiger partial charge in [0.05, 0.1) is 12.6 Å². The van der Waals surface area contributed by atoms with Crippen molar-refractivity contribution in [1.82, 2.24) is 25.6 Å². The van der Waals surface area contributed by atoms with Crippen LogP contribution in [0.25, 0.3) is 0 Å². The molecular weight excluding hydrogens is 763 g/mol. The van der Waals surface area contributed by atoms with Gasteiger partial charge in [-0.15, -0.1) is 0 Å². The number of hydrogen-bond acceptors (Lipinski definition) is 12. The Morgan fingerprint density at radius 1 is 0.891 bits per heavy atom. The van der Waals surface area contributed by atoms with E-state index < -0.39 is 67.2 Å². The highest BCUT2D eigenvalue weighted by Crippen LogP contribution is 2.48. The number of nitrogens with zero attached hydrogens (tertiary/aromatic N) is 3. The minimum atomic E-state index is -4.66. The molecule has 1 saturated carbocycles. The molecule has 1 heterocycles. The Morgan fingerprint density at radius 2 is 1.58 bits per heavy atom. The molecule has 0 bridgehead atoms. The lowest BCUT2D eigenvalue weighted by Gasteiger charge is -2.19. The summed E-state index contributed by atoms with van der Waals surface area (Å²) in [5, 5.41) is 13.3. The molecule has 55 heavy (non-hydrogen) atoms. The first-order chi connectivity index (χ1) is 26.1. The molecule has 1 atom stereocenters. The Hall–Kier alpha value is -6.31. The third-order valence-corrected chi connectivity index (χ3v) is 7.91. The summed E-state index contributed by atoms with van der Waals surface area (Å²) in [7, 11) is 1.04. The minimum absolute atomic E-state index is 0.0280. The van der Waals surface area contributed by atoms with Gasteiger partial charge in [0.1, 0.15) is 11.8 Å². The van der Waals surface area contributed by atoms with Crippen LogP contribution in [0.2, 0.25) is 5.02 Å². The number of rotatable bonds is 15. The lowest BCUT2D eigenvalue weighted by atomic mass is 10.1. The number of methoxy groups -OCH3 is 1. The number of esters is 1. The molecule has 3 aromatic carbocycles. The predicted molar refractivity (Wildman–Crippen MR) is 185 cm³/mol. The molecule has 1 aromatic heterocycles. The molecule has 0 radical (unpaired) electrons. The summed E-state index contributed by atoms with van der Waals surface area (Å²) in [5.74, 6) is -4.69. The Morgan fingerprint density at radius 3 is 2.22 bits per heavy atom. The molecule has 5 N–H and O–H groups in total. The number of nitrogens with one attached hydrogen (secondary N) is 5. The molecule has 1 fully saturated rings. The van der Waals surface area contributed by atoms with E-state index in [2.05, 4.69) is 46.3 Å². The highest BCUT2D eigenvalue weighted by molar-refractivity contribution is 6.39. The molecule has 5 rings (SSSR count). The first kappa shape index (κ1) is 39.9. The van der Waals surface area contributed by atoms with E-state index >= 15 is 0 Å². The van der Waals surface area contributed by atoms with E-state index in [-0.39, 0.29) is 28.9 Å². The lowest BCUT2D eigenvalue weighted by molar-refractivity contribution is -0.154. The zero-order chi connectivity index (χ0) is 39.8. The van der Waals surface area contributed by atoms with Gasteiger partial charge < -0.3 is 40.8 Å². The molecule has 3 amide bonds. The highest BCUT2D eigenvalue weighted by Gasteiger charge is 2.45. The normalized spacial score (nSPS) is 13.5. The number of amides is 3. The van der Waals surface area contributed by atoms with Crippen molar-refractivity contribution < 1.29 is 55.3 Å². The number of ether oxygens (including phenoxy) is 3. The number of halogens is 6. The summed E-state index contributed by atoms with van der Waals surface area (Å²) < 4.78 is 77.6. The monoisotopic (exact) mass is 792 g/mol. The molecule has 4 aromatic rings. The van der Waals surface area contributed by atoms with Crippen molar-refractivity contribution in [3.05, 3.63) is 88.9 Å². The molecule has 1 aliphatic carbocycles. The SMILES string of the molecule is COC(=O)[C@H](CNC(=O)C(=O)Nc1cccc(OC(F)F)c1)NC(=O)c1ccc(Nc2nc(NC3(c4ccc(Cl)cc4)CC3)nc(OCC(F)(F)F)n2)cc1. The van der Waals surface area contributed by atoms with Crippen molar-refractivity contribution in [1.29, 1.82) is 0 Å². The van der Waals surface area contributed by atoms with Gasteiger partial charge in [-0.1, -0.05) is 29.8 Å². The first-order valence-electron chi connectivity index (χ1n) is 16.0. The van der Waals surface area contributed by atoms with Crippen molar-refractivity contribution in [2.75, 3.05) is 36.2 Å². The van der Waals surface area contributed by atoms with Gasteiger partial charge in [-0.05, 0) is 66.9 Å². The number of carbonyl (C=O) groups excluding carboxylic acids is 4. The van der Waals surface area contributed by atoms with E-state index in [1.165, 1.54) is 42.5 Å². The van der Waals surface area contributed by atoms with Crippen molar-refractivity contribution in [3.63, 3.8) is 0 Å². The molecular formula is C34H30ClF5N8O7.